The molecule has 0 radical (unpaired) electrons. The molecule has 4 nitrogen and oxygen atoms in total. The van der Waals surface area contributed by atoms with Crippen molar-refractivity contribution in [3.05, 3.63) is 23.8 Å². The fourth-order valence-electron chi connectivity index (χ4n) is 4.95. The lowest BCUT2D eigenvalue weighted by atomic mass is 9.71. The summed E-state index contributed by atoms with van der Waals surface area (Å²) in [5, 5.41) is 6.76. The molecule has 2 aliphatic heterocycles. The number of anilines is 2. The van der Waals surface area contributed by atoms with Crippen molar-refractivity contribution in [1.82, 2.24) is 0 Å². The van der Waals surface area contributed by atoms with Gasteiger partial charge in [-0.2, -0.15) is 0 Å². The van der Waals surface area contributed by atoms with Crippen molar-refractivity contribution in [1.29, 1.82) is 0 Å². The standard InChI is InChI=1S/C20H28N2O2/c1-13(23)21-15-9-10-18-17(12-15)20-16(8-5-11-24-20)19(22-18)14-6-3-2-4-7-14/h9-10,12,14,16,19-20,22H,2-8,11H2,1H3,(H,21,23)/t16?,19-,20?/m1/s1. The molecule has 1 amide bonds. The highest BCUT2D eigenvalue weighted by molar-refractivity contribution is 5.89. The van der Waals surface area contributed by atoms with Gasteiger partial charge in [-0.3, -0.25) is 4.79 Å². The summed E-state index contributed by atoms with van der Waals surface area (Å²) in [6.07, 6.45) is 9.40. The van der Waals surface area contributed by atoms with Crippen molar-refractivity contribution < 1.29 is 9.53 Å². The summed E-state index contributed by atoms with van der Waals surface area (Å²) < 4.78 is 6.24. The van der Waals surface area contributed by atoms with Gasteiger partial charge in [0.15, 0.2) is 0 Å². The van der Waals surface area contributed by atoms with Crippen molar-refractivity contribution >= 4 is 17.3 Å². The highest BCUT2D eigenvalue weighted by atomic mass is 16.5. The van der Waals surface area contributed by atoms with Crippen LogP contribution in [0.25, 0.3) is 0 Å². The van der Waals surface area contributed by atoms with E-state index in [0.29, 0.717) is 12.0 Å². The normalized spacial score (nSPS) is 30.0. The lowest BCUT2D eigenvalue weighted by molar-refractivity contribution is -0.114. The van der Waals surface area contributed by atoms with Gasteiger partial charge in [0.1, 0.15) is 0 Å². The third-order valence-electron chi connectivity index (χ3n) is 5.99. The number of rotatable bonds is 2. The Balaban J connectivity index is 1.65. The molecule has 0 bridgehead atoms. The second kappa shape index (κ2) is 6.75. The van der Waals surface area contributed by atoms with E-state index in [0.717, 1.165) is 24.6 Å². The van der Waals surface area contributed by atoms with Crippen LogP contribution in [0.4, 0.5) is 11.4 Å². The average molecular weight is 328 g/mol. The molecule has 1 saturated carbocycles. The Morgan fingerprint density at radius 3 is 2.79 bits per heavy atom. The van der Waals surface area contributed by atoms with Crippen LogP contribution in [0.5, 0.6) is 0 Å². The maximum atomic E-state index is 11.4. The van der Waals surface area contributed by atoms with Crippen LogP contribution < -0.4 is 10.6 Å². The highest BCUT2D eigenvalue weighted by Gasteiger charge is 2.42. The maximum absolute atomic E-state index is 11.4. The first-order valence-corrected chi connectivity index (χ1v) is 9.52. The van der Waals surface area contributed by atoms with Gasteiger partial charge in [-0.25, -0.2) is 0 Å². The highest BCUT2D eigenvalue weighted by Crippen LogP contribution is 2.48. The lowest BCUT2D eigenvalue weighted by Crippen LogP contribution is -2.46. The zero-order chi connectivity index (χ0) is 16.5. The molecule has 2 N–H and O–H groups in total. The molecule has 0 aromatic heterocycles. The van der Waals surface area contributed by atoms with Crippen LogP contribution >= 0.6 is 0 Å². The fraction of sp³-hybridized carbons (Fsp3) is 0.650. The average Bonchev–Trinajstić information content (AvgIpc) is 2.61. The number of benzene rings is 1. The third kappa shape index (κ3) is 3.04. The molecular weight excluding hydrogens is 300 g/mol. The Labute approximate surface area is 144 Å². The van der Waals surface area contributed by atoms with Gasteiger partial charge in [0.2, 0.25) is 5.91 Å². The molecule has 1 saturated heterocycles. The van der Waals surface area contributed by atoms with Gasteiger partial charge >= 0.3 is 0 Å². The van der Waals surface area contributed by atoms with Crippen molar-refractivity contribution in [2.75, 3.05) is 17.2 Å². The molecule has 1 aromatic carbocycles. The summed E-state index contributed by atoms with van der Waals surface area (Å²) in [5.74, 6) is 1.30. The summed E-state index contributed by atoms with van der Waals surface area (Å²) >= 11 is 0. The molecule has 3 aliphatic rings. The van der Waals surface area contributed by atoms with E-state index in [1.165, 1.54) is 49.8 Å². The minimum Gasteiger partial charge on any atom is -0.381 e. The van der Waals surface area contributed by atoms with E-state index in [4.69, 9.17) is 4.74 Å². The van der Waals surface area contributed by atoms with Gasteiger partial charge in [0, 0.05) is 42.4 Å². The van der Waals surface area contributed by atoms with Crippen molar-refractivity contribution in [3.63, 3.8) is 0 Å². The van der Waals surface area contributed by atoms with E-state index >= 15 is 0 Å². The molecule has 3 atom stereocenters. The Morgan fingerprint density at radius 2 is 2.00 bits per heavy atom. The van der Waals surface area contributed by atoms with E-state index in [1.807, 2.05) is 6.07 Å². The van der Waals surface area contributed by atoms with Crippen LogP contribution in [0.3, 0.4) is 0 Å². The molecule has 130 valence electrons. The third-order valence-corrected chi connectivity index (χ3v) is 5.99. The number of amides is 1. The van der Waals surface area contributed by atoms with Crippen LogP contribution in [-0.4, -0.2) is 18.6 Å². The van der Waals surface area contributed by atoms with Crippen LogP contribution in [-0.2, 0) is 9.53 Å². The van der Waals surface area contributed by atoms with Crippen LogP contribution in [0, 0.1) is 11.8 Å². The molecule has 4 rings (SSSR count). The number of carbonyl (C=O) groups is 1. The molecule has 1 aliphatic carbocycles. The number of fused-ring (bicyclic) bond motifs is 3. The largest absolute Gasteiger partial charge is 0.381 e. The van der Waals surface area contributed by atoms with Crippen LogP contribution in [0.1, 0.15) is 63.5 Å². The molecule has 0 spiro atoms. The van der Waals surface area contributed by atoms with E-state index < -0.39 is 0 Å². The lowest BCUT2D eigenvalue weighted by Gasteiger charge is -2.47. The van der Waals surface area contributed by atoms with Crippen LogP contribution in [0.15, 0.2) is 18.2 Å². The molecule has 2 heterocycles. The Bertz CT molecular complexity index is 610. The van der Waals surface area contributed by atoms with E-state index in [2.05, 4.69) is 22.8 Å². The minimum absolute atomic E-state index is 0.0279. The summed E-state index contributed by atoms with van der Waals surface area (Å²) in [5.41, 5.74) is 3.29. The van der Waals surface area contributed by atoms with Crippen LogP contribution in [0.2, 0.25) is 0 Å². The van der Waals surface area contributed by atoms with Gasteiger partial charge in [-0.05, 0) is 49.8 Å². The first-order valence-electron chi connectivity index (χ1n) is 9.52. The Morgan fingerprint density at radius 1 is 1.17 bits per heavy atom. The van der Waals surface area contributed by atoms with Crippen molar-refractivity contribution in [2.24, 2.45) is 11.8 Å². The first-order chi connectivity index (χ1) is 11.7. The van der Waals surface area contributed by atoms with Gasteiger partial charge in [0.25, 0.3) is 0 Å². The number of ether oxygens (including phenoxy) is 1. The SMILES string of the molecule is CC(=O)Nc1ccc2c(c1)C1OCCCC1[C@@H](C1CCCCC1)N2. The molecule has 2 fully saturated rings. The Kier molecular flexibility index (Phi) is 4.49. The van der Waals surface area contributed by atoms with E-state index in [1.54, 1.807) is 6.92 Å². The van der Waals surface area contributed by atoms with Gasteiger partial charge in [0.05, 0.1) is 6.10 Å². The molecule has 4 heteroatoms. The monoisotopic (exact) mass is 328 g/mol. The second-order valence-corrected chi connectivity index (χ2v) is 7.65. The molecule has 2 unspecified atom stereocenters. The van der Waals surface area contributed by atoms with E-state index in [9.17, 15) is 4.79 Å². The van der Waals surface area contributed by atoms with Gasteiger partial charge in [-0.15, -0.1) is 0 Å². The zero-order valence-corrected chi connectivity index (χ0v) is 14.5. The predicted molar refractivity (Wildman–Crippen MR) is 96.1 cm³/mol. The summed E-state index contributed by atoms with van der Waals surface area (Å²) in [7, 11) is 0. The Hall–Kier alpha value is -1.55. The van der Waals surface area contributed by atoms with Crippen molar-refractivity contribution in [2.45, 2.75) is 64.0 Å². The fourth-order valence-corrected chi connectivity index (χ4v) is 4.95. The first kappa shape index (κ1) is 15.9. The van der Waals surface area contributed by atoms with Gasteiger partial charge < -0.3 is 15.4 Å². The quantitative estimate of drug-likeness (QED) is 0.841. The number of carbonyl (C=O) groups excluding carboxylic acids is 1. The number of hydrogen-bond donors (Lipinski definition) is 2. The summed E-state index contributed by atoms with van der Waals surface area (Å²) in [6, 6.07) is 6.75. The molecule has 24 heavy (non-hydrogen) atoms. The van der Waals surface area contributed by atoms with E-state index in [-0.39, 0.29) is 12.0 Å². The molecule has 1 aromatic rings. The topological polar surface area (TPSA) is 50.4 Å². The zero-order valence-electron chi connectivity index (χ0n) is 14.5. The number of nitrogens with one attached hydrogen (secondary N) is 2. The van der Waals surface area contributed by atoms with Crippen molar-refractivity contribution in [3.8, 4) is 0 Å². The second-order valence-electron chi connectivity index (χ2n) is 7.65. The smallest absolute Gasteiger partial charge is 0.221 e. The summed E-state index contributed by atoms with van der Waals surface area (Å²) in [6.45, 7) is 2.40. The van der Waals surface area contributed by atoms with Gasteiger partial charge in [-0.1, -0.05) is 19.3 Å². The number of hydrogen-bond acceptors (Lipinski definition) is 3. The maximum Gasteiger partial charge on any atom is 0.221 e. The predicted octanol–water partition coefficient (Wildman–Crippen LogP) is 4.49. The molecular formula is C20H28N2O2. The minimum atomic E-state index is -0.0279. The summed E-state index contributed by atoms with van der Waals surface area (Å²) in [4.78, 5) is 11.4.